The van der Waals surface area contributed by atoms with E-state index < -0.39 is 28.0 Å². The molecule has 0 saturated carbocycles. The molecule has 1 rings (SSSR count). The van der Waals surface area contributed by atoms with Crippen molar-refractivity contribution < 1.29 is 19.4 Å². The number of esters is 1. The second-order valence-corrected chi connectivity index (χ2v) is 4.41. The van der Waals surface area contributed by atoms with Crippen LogP contribution >= 0.6 is 0 Å². The van der Waals surface area contributed by atoms with Gasteiger partial charge < -0.3 is 4.74 Å². The van der Waals surface area contributed by atoms with Gasteiger partial charge in [0.15, 0.2) is 0 Å². The van der Waals surface area contributed by atoms with E-state index in [4.69, 9.17) is 4.74 Å². The predicted molar refractivity (Wildman–Crippen MR) is 68.8 cm³/mol. The summed E-state index contributed by atoms with van der Waals surface area (Å²) in [4.78, 5) is 31.7. The summed E-state index contributed by atoms with van der Waals surface area (Å²) in [5, 5.41) is 21.4. The quantitative estimate of drug-likeness (QED) is 0.446. The smallest absolute Gasteiger partial charge is 0.382 e. The van der Waals surface area contributed by atoms with E-state index in [-0.39, 0.29) is 12.1 Å². The Morgan fingerprint density at radius 1 is 1.20 bits per heavy atom. The fourth-order valence-corrected chi connectivity index (χ4v) is 1.53. The molecule has 0 aliphatic heterocycles. The average molecular weight is 282 g/mol. The van der Waals surface area contributed by atoms with Crippen molar-refractivity contribution in [3.63, 3.8) is 0 Å². The highest BCUT2D eigenvalue weighted by Crippen LogP contribution is 2.14. The second-order valence-electron chi connectivity index (χ2n) is 4.41. The number of rotatable bonds is 6. The maximum atomic E-state index is 11.6. The van der Waals surface area contributed by atoms with E-state index in [2.05, 4.69) is 0 Å². The lowest BCUT2D eigenvalue weighted by atomic mass is 10.1. The Balaban J connectivity index is 2.83. The van der Waals surface area contributed by atoms with Crippen molar-refractivity contribution in [1.29, 1.82) is 0 Å². The lowest BCUT2D eigenvalue weighted by Gasteiger charge is -2.11. The molecule has 0 radical (unpaired) electrons. The van der Waals surface area contributed by atoms with Crippen LogP contribution in [0.15, 0.2) is 24.3 Å². The number of benzene rings is 1. The van der Waals surface area contributed by atoms with Gasteiger partial charge in [0.25, 0.3) is 5.69 Å². The molecule has 8 heteroatoms. The largest absolute Gasteiger partial charge is 0.458 e. The van der Waals surface area contributed by atoms with Gasteiger partial charge in [-0.1, -0.05) is 12.1 Å². The molecular weight excluding hydrogens is 268 g/mol. The molecule has 0 saturated heterocycles. The maximum Gasteiger partial charge on any atom is 0.382 e. The molecule has 8 nitrogen and oxygen atoms in total. The van der Waals surface area contributed by atoms with Crippen LogP contribution < -0.4 is 0 Å². The first-order valence-electron chi connectivity index (χ1n) is 5.88. The molecule has 1 aromatic rings. The fourth-order valence-electron chi connectivity index (χ4n) is 1.53. The molecule has 0 fully saturated rings. The molecule has 0 N–H and O–H groups in total. The molecule has 0 spiro atoms. The zero-order valence-corrected chi connectivity index (χ0v) is 11.0. The Kier molecular flexibility index (Phi) is 5.13. The number of carbonyl (C=O) groups excluding carboxylic acids is 1. The third-order valence-electron chi connectivity index (χ3n) is 2.45. The zero-order chi connectivity index (χ0) is 15.3. The van der Waals surface area contributed by atoms with Gasteiger partial charge in [-0.3, -0.25) is 20.2 Å². The van der Waals surface area contributed by atoms with Crippen molar-refractivity contribution in [2.75, 3.05) is 0 Å². The molecule has 1 unspecified atom stereocenters. The number of carbonyl (C=O) groups is 1. The summed E-state index contributed by atoms with van der Waals surface area (Å²) < 4.78 is 4.82. The lowest BCUT2D eigenvalue weighted by molar-refractivity contribution is -0.510. The Morgan fingerprint density at radius 2 is 1.75 bits per heavy atom. The highest BCUT2D eigenvalue weighted by molar-refractivity contribution is 5.75. The third-order valence-corrected chi connectivity index (χ3v) is 2.45. The molecular formula is C12H14N2O6. The van der Waals surface area contributed by atoms with E-state index in [1.807, 2.05) is 0 Å². The molecule has 0 aliphatic rings. The van der Waals surface area contributed by atoms with Crippen LogP contribution in [-0.2, 0) is 16.0 Å². The summed E-state index contributed by atoms with van der Waals surface area (Å²) in [6.45, 7) is 3.20. The van der Waals surface area contributed by atoms with Crippen LogP contribution in [-0.4, -0.2) is 28.0 Å². The SMILES string of the molecule is CC(C)OC(=O)C(Cc1ccc([N+](=O)[O-])cc1)[N+](=O)[O-]. The van der Waals surface area contributed by atoms with Crippen LogP contribution in [0.4, 0.5) is 5.69 Å². The minimum Gasteiger partial charge on any atom is -0.458 e. The number of nitrogens with zero attached hydrogens (tertiary/aromatic N) is 2. The number of nitro groups is 2. The third kappa shape index (κ3) is 4.30. The molecule has 20 heavy (non-hydrogen) atoms. The van der Waals surface area contributed by atoms with Gasteiger partial charge in [-0.2, -0.15) is 0 Å². The summed E-state index contributed by atoms with van der Waals surface area (Å²) in [6, 6.07) is 3.73. The Labute approximate surface area is 114 Å². The summed E-state index contributed by atoms with van der Waals surface area (Å²) in [7, 11) is 0. The minimum atomic E-state index is -1.51. The first-order chi connectivity index (χ1) is 9.31. The Morgan fingerprint density at radius 3 is 2.15 bits per heavy atom. The average Bonchev–Trinajstić information content (AvgIpc) is 2.35. The fraction of sp³-hybridized carbons (Fsp3) is 0.417. The molecule has 1 atom stereocenters. The molecule has 0 aromatic heterocycles. The van der Waals surface area contributed by atoms with Gasteiger partial charge in [0.2, 0.25) is 0 Å². The topological polar surface area (TPSA) is 113 Å². The summed E-state index contributed by atoms with van der Waals surface area (Å²) in [5.74, 6) is -0.914. The van der Waals surface area contributed by atoms with Gasteiger partial charge in [0.05, 0.1) is 17.4 Å². The van der Waals surface area contributed by atoms with Crippen LogP contribution in [0, 0.1) is 20.2 Å². The highest BCUT2D eigenvalue weighted by atomic mass is 16.6. The van der Waals surface area contributed by atoms with E-state index in [0.29, 0.717) is 5.56 Å². The first-order valence-corrected chi connectivity index (χ1v) is 5.88. The lowest BCUT2D eigenvalue weighted by Crippen LogP contribution is -2.34. The van der Waals surface area contributed by atoms with Gasteiger partial charge in [0, 0.05) is 17.1 Å². The number of hydrogen-bond donors (Lipinski definition) is 0. The molecule has 0 heterocycles. The van der Waals surface area contributed by atoms with Crippen molar-refractivity contribution in [2.45, 2.75) is 32.4 Å². The molecule has 0 amide bonds. The van der Waals surface area contributed by atoms with E-state index in [1.54, 1.807) is 13.8 Å². The van der Waals surface area contributed by atoms with Crippen molar-refractivity contribution in [1.82, 2.24) is 0 Å². The standard InChI is InChI=1S/C12H14N2O6/c1-8(2)20-12(15)11(14(18)19)7-9-3-5-10(6-4-9)13(16)17/h3-6,8,11H,7H2,1-2H3. The number of ether oxygens (including phenoxy) is 1. The highest BCUT2D eigenvalue weighted by Gasteiger charge is 2.32. The van der Waals surface area contributed by atoms with Crippen LogP contribution in [0.25, 0.3) is 0 Å². The Bertz CT molecular complexity index is 511. The van der Waals surface area contributed by atoms with E-state index in [0.717, 1.165) is 0 Å². The predicted octanol–water partition coefficient (Wildman–Crippen LogP) is 1.73. The van der Waals surface area contributed by atoms with Crippen molar-refractivity contribution in [3.05, 3.63) is 50.1 Å². The molecule has 0 aliphatic carbocycles. The second kappa shape index (κ2) is 6.60. The summed E-state index contributed by atoms with van der Waals surface area (Å²) in [6.07, 6.45) is -0.613. The van der Waals surface area contributed by atoms with Crippen LogP contribution in [0.5, 0.6) is 0 Å². The molecule has 1 aromatic carbocycles. The van der Waals surface area contributed by atoms with Crippen LogP contribution in [0.1, 0.15) is 19.4 Å². The number of non-ortho nitro benzene ring substituents is 1. The molecule has 0 bridgehead atoms. The van der Waals surface area contributed by atoms with Gasteiger partial charge >= 0.3 is 12.0 Å². The van der Waals surface area contributed by atoms with Gasteiger partial charge in [0.1, 0.15) is 0 Å². The first kappa shape index (κ1) is 15.5. The van der Waals surface area contributed by atoms with E-state index in [9.17, 15) is 25.0 Å². The zero-order valence-electron chi connectivity index (χ0n) is 11.0. The molecule has 108 valence electrons. The van der Waals surface area contributed by atoms with E-state index in [1.165, 1.54) is 24.3 Å². The van der Waals surface area contributed by atoms with Crippen molar-refractivity contribution in [3.8, 4) is 0 Å². The van der Waals surface area contributed by atoms with Crippen molar-refractivity contribution >= 4 is 11.7 Å². The van der Waals surface area contributed by atoms with Gasteiger partial charge in [-0.15, -0.1) is 0 Å². The van der Waals surface area contributed by atoms with Crippen LogP contribution in [0.2, 0.25) is 0 Å². The van der Waals surface area contributed by atoms with Crippen LogP contribution in [0.3, 0.4) is 0 Å². The van der Waals surface area contributed by atoms with Gasteiger partial charge in [-0.05, 0) is 19.4 Å². The summed E-state index contributed by atoms with van der Waals surface area (Å²) >= 11 is 0. The summed E-state index contributed by atoms with van der Waals surface area (Å²) in [5.41, 5.74) is 0.342. The number of hydrogen-bond acceptors (Lipinski definition) is 6. The Hall–Kier alpha value is -2.51. The van der Waals surface area contributed by atoms with Gasteiger partial charge in [-0.25, -0.2) is 4.79 Å². The minimum absolute atomic E-state index is 0.115. The van der Waals surface area contributed by atoms with E-state index >= 15 is 0 Å². The van der Waals surface area contributed by atoms with Crippen molar-refractivity contribution in [2.24, 2.45) is 0 Å². The normalized spacial score (nSPS) is 11.9. The monoisotopic (exact) mass is 282 g/mol. The number of nitro benzene ring substituents is 1. The maximum absolute atomic E-state index is 11.6.